The fraction of sp³-hybridized carbons (Fsp3) is 0.800. The van der Waals surface area contributed by atoms with Gasteiger partial charge in [-0.05, 0) is 12.8 Å². The first-order valence-corrected chi connectivity index (χ1v) is 5.07. The number of nitrogens with two attached hydrogens (primary N) is 1. The molecule has 3 N–H and O–H groups in total. The summed E-state index contributed by atoms with van der Waals surface area (Å²) in [5.74, 6) is 0.259. The Morgan fingerprint density at radius 2 is 1.80 bits per heavy atom. The molecule has 15 heavy (non-hydrogen) atoms. The van der Waals surface area contributed by atoms with E-state index >= 15 is 0 Å². The second-order valence-electron chi connectivity index (χ2n) is 4.18. The number of oxime groups is 1. The van der Waals surface area contributed by atoms with Crippen LogP contribution in [0.4, 0.5) is 0 Å². The second-order valence-corrected chi connectivity index (χ2v) is 4.18. The van der Waals surface area contributed by atoms with Gasteiger partial charge in [0.15, 0.2) is 5.84 Å². The van der Waals surface area contributed by atoms with Crippen LogP contribution in [0.15, 0.2) is 5.16 Å². The van der Waals surface area contributed by atoms with Gasteiger partial charge in [0.2, 0.25) is 5.91 Å². The van der Waals surface area contributed by atoms with Crippen molar-refractivity contribution in [1.82, 2.24) is 4.90 Å². The van der Waals surface area contributed by atoms with E-state index in [-0.39, 0.29) is 29.6 Å². The van der Waals surface area contributed by atoms with Gasteiger partial charge < -0.3 is 15.8 Å². The molecule has 0 aliphatic heterocycles. The first-order valence-electron chi connectivity index (χ1n) is 5.07. The highest BCUT2D eigenvalue weighted by Gasteiger charge is 2.25. The second kappa shape index (κ2) is 5.58. The third-order valence-corrected chi connectivity index (χ3v) is 2.86. The van der Waals surface area contributed by atoms with Gasteiger partial charge in [0.1, 0.15) is 0 Å². The molecule has 0 aliphatic carbocycles. The fourth-order valence-electron chi connectivity index (χ4n) is 1.08. The molecule has 0 aromatic rings. The summed E-state index contributed by atoms with van der Waals surface area (Å²) in [6.45, 7) is 7.58. The first kappa shape index (κ1) is 13.7. The molecule has 0 radical (unpaired) electrons. The van der Waals surface area contributed by atoms with Crippen LogP contribution in [0.25, 0.3) is 0 Å². The van der Waals surface area contributed by atoms with Gasteiger partial charge in [0.25, 0.3) is 0 Å². The van der Waals surface area contributed by atoms with Gasteiger partial charge in [-0.3, -0.25) is 4.79 Å². The fourth-order valence-corrected chi connectivity index (χ4v) is 1.08. The zero-order valence-corrected chi connectivity index (χ0v) is 10.1. The summed E-state index contributed by atoms with van der Waals surface area (Å²) >= 11 is 0. The smallest absolute Gasteiger partial charge is 0.226 e. The van der Waals surface area contributed by atoms with Crippen molar-refractivity contribution in [3.8, 4) is 0 Å². The van der Waals surface area contributed by atoms with Crippen molar-refractivity contribution in [1.29, 1.82) is 0 Å². The van der Waals surface area contributed by atoms with Crippen LogP contribution < -0.4 is 5.73 Å². The summed E-state index contributed by atoms with van der Waals surface area (Å²) in [5.41, 5.74) is 5.44. The molecule has 0 rings (SSSR count). The molecule has 0 aliphatic rings. The maximum absolute atomic E-state index is 11.9. The molecule has 0 aromatic heterocycles. The SMILES string of the molecule is CC(C)C(C)C(=O)N(C)C(C)C(N)=NO. The average molecular weight is 215 g/mol. The molecular formula is C10H21N3O2. The Morgan fingerprint density at radius 3 is 2.13 bits per heavy atom. The molecule has 0 heterocycles. The highest BCUT2D eigenvalue weighted by Crippen LogP contribution is 2.13. The molecule has 2 atom stereocenters. The van der Waals surface area contributed by atoms with Crippen molar-refractivity contribution in [2.24, 2.45) is 22.7 Å². The molecule has 0 fully saturated rings. The molecule has 0 spiro atoms. The number of amides is 1. The van der Waals surface area contributed by atoms with Crippen LogP contribution in [-0.4, -0.2) is 34.9 Å². The standard InChI is InChI=1S/C10H21N3O2/c1-6(2)7(3)10(14)13(5)8(4)9(11)12-15/h6-8,15H,1-5H3,(H2,11,12). The molecule has 88 valence electrons. The summed E-state index contributed by atoms with van der Waals surface area (Å²) in [6.07, 6.45) is 0. The first-order chi connectivity index (χ1) is 6.82. The van der Waals surface area contributed by atoms with E-state index in [1.165, 1.54) is 4.90 Å². The predicted molar refractivity (Wildman–Crippen MR) is 59.6 cm³/mol. The molecular weight excluding hydrogens is 194 g/mol. The number of amidine groups is 1. The van der Waals surface area contributed by atoms with E-state index in [1.54, 1.807) is 14.0 Å². The van der Waals surface area contributed by atoms with E-state index in [4.69, 9.17) is 10.9 Å². The van der Waals surface area contributed by atoms with Gasteiger partial charge in [-0.1, -0.05) is 25.9 Å². The van der Waals surface area contributed by atoms with Gasteiger partial charge in [-0.15, -0.1) is 0 Å². The molecule has 0 saturated carbocycles. The van der Waals surface area contributed by atoms with Crippen LogP contribution in [0, 0.1) is 11.8 Å². The normalized spacial score (nSPS) is 16.3. The summed E-state index contributed by atoms with van der Waals surface area (Å²) in [5, 5.41) is 11.4. The minimum atomic E-state index is -0.385. The van der Waals surface area contributed by atoms with Crippen LogP contribution >= 0.6 is 0 Å². The summed E-state index contributed by atoms with van der Waals surface area (Å²) in [7, 11) is 1.66. The van der Waals surface area contributed by atoms with Crippen molar-refractivity contribution < 1.29 is 10.0 Å². The number of rotatable bonds is 4. The minimum Gasteiger partial charge on any atom is -0.409 e. The molecule has 0 bridgehead atoms. The van der Waals surface area contributed by atoms with Crippen LogP contribution in [0.5, 0.6) is 0 Å². The number of hydrogen-bond acceptors (Lipinski definition) is 3. The monoisotopic (exact) mass is 215 g/mol. The summed E-state index contributed by atoms with van der Waals surface area (Å²) in [4.78, 5) is 13.4. The Labute approximate surface area is 90.9 Å². The Bertz CT molecular complexity index is 251. The predicted octanol–water partition coefficient (Wildman–Crippen LogP) is 0.872. The van der Waals surface area contributed by atoms with Gasteiger partial charge in [0.05, 0.1) is 6.04 Å². The molecule has 2 unspecified atom stereocenters. The van der Waals surface area contributed by atoms with Gasteiger partial charge >= 0.3 is 0 Å². The molecule has 5 nitrogen and oxygen atoms in total. The lowest BCUT2D eigenvalue weighted by atomic mass is 9.96. The summed E-state index contributed by atoms with van der Waals surface area (Å²) in [6, 6.07) is -0.385. The quantitative estimate of drug-likeness (QED) is 0.316. The number of nitrogens with zero attached hydrogens (tertiary/aromatic N) is 2. The van der Waals surface area contributed by atoms with E-state index in [0.717, 1.165) is 0 Å². The van der Waals surface area contributed by atoms with E-state index in [9.17, 15) is 4.79 Å². The number of carbonyl (C=O) groups excluding carboxylic acids is 1. The number of hydrogen-bond donors (Lipinski definition) is 2. The molecule has 0 saturated heterocycles. The maximum atomic E-state index is 11.9. The number of carbonyl (C=O) groups is 1. The topological polar surface area (TPSA) is 78.9 Å². The van der Waals surface area contributed by atoms with E-state index in [2.05, 4.69) is 5.16 Å². The van der Waals surface area contributed by atoms with E-state index < -0.39 is 0 Å². The lowest BCUT2D eigenvalue weighted by Crippen LogP contribution is -2.46. The Balaban J connectivity index is 4.58. The van der Waals surface area contributed by atoms with Crippen molar-refractivity contribution >= 4 is 11.7 Å². The third-order valence-electron chi connectivity index (χ3n) is 2.86. The van der Waals surface area contributed by atoms with Crippen molar-refractivity contribution in [2.75, 3.05) is 7.05 Å². The zero-order valence-electron chi connectivity index (χ0n) is 10.1. The lowest BCUT2D eigenvalue weighted by molar-refractivity contribution is -0.135. The largest absolute Gasteiger partial charge is 0.409 e. The van der Waals surface area contributed by atoms with Crippen molar-refractivity contribution in [2.45, 2.75) is 33.7 Å². The van der Waals surface area contributed by atoms with Crippen LogP contribution in [0.3, 0.4) is 0 Å². The zero-order chi connectivity index (χ0) is 12.2. The molecule has 0 aromatic carbocycles. The Kier molecular flexibility index (Phi) is 5.11. The van der Waals surface area contributed by atoms with Crippen molar-refractivity contribution in [3.05, 3.63) is 0 Å². The minimum absolute atomic E-state index is 0.00380. The van der Waals surface area contributed by atoms with Crippen molar-refractivity contribution in [3.63, 3.8) is 0 Å². The lowest BCUT2D eigenvalue weighted by Gasteiger charge is -2.28. The van der Waals surface area contributed by atoms with E-state index in [1.807, 2.05) is 20.8 Å². The van der Waals surface area contributed by atoms with Gasteiger partial charge in [-0.2, -0.15) is 0 Å². The Morgan fingerprint density at radius 1 is 1.33 bits per heavy atom. The highest BCUT2D eigenvalue weighted by atomic mass is 16.4. The van der Waals surface area contributed by atoms with Gasteiger partial charge in [-0.25, -0.2) is 0 Å². The highest BCUT2D eigenvalue weighted by molar-refractivity contribution is 5.90. The molecule has 1 amide bonds. The maximum Gasteiger partial charge on any atom is 0.226 e. The van der Waals surface area contributed by atoms with Gasteiger partial charge in [0, 0.05) is 13.0 Å². The average Bonchev–Trinajstić information content (AvgIpc) is 2.23. The number of likely N-dealkylation sites (N-methyl/N-ethyl adjacent to an activating group) is 1. The van der Waals surface area contributed by atoms with E-state index in [0.29, 0.717) is 0 Å². The summed E-state index contributed by atoms with van der Waals surface area (Å²) < 4.78 is 0. The Hall–Kier alpha value is -1.26. The van der Waals surface area contributed by atoms with Crippen LogP contribution in [0.2, 0.25) is 0 Å². The van der Waals surface area contributed by atoms with Crippen LogP contribution in [-0.2, 0) is 4.79 Å². The molecule has 5 heteroatoms. The third kappa shape index (κ3) is 3.42. The van der Waals surface area contributed by atoms with Crippen LogP contribution in [0.1, 0.15) is 27.7 Å².